The summed E-state index contributed by atoms with van der Waals surface area (Å²) < 4.78 is 10.8. The van der Waals surface area contributed by atoms with Crippen LogP contribution < -0.4 is 25.1 Å². The van der Waals surface area contributed by atoms with Crippen LogP contribution in [0.25, 0.3) is 6.08 Å². The molecule has 1 saturated heterocycles. The average Bonchev–Trinajstić information content (AvgIpc) is 3.12. The zero-order valence-electron chi connectivity index (χ0n) is 26.7. The predicted octanol–water partition coefficient (Wildman–Crippen LogP) is 4.86. The van der Waals surface area contributed by atoms with Crippen molar-refractivity contribution in [3.8, 4) is 11.5 Å². The number of carbonyl (C=O) groups excluding carboxylic acids is 2. The van der Waals surface area contributed by atoms with E-state index < -0.39 is 16.7 Å². The second-order valence-electron chi connectivity index (χ2n) is 11.0. The van der Waals surface area contributed by atoms with E-state index in [1.165, 1.54) is 18.3 Å². The third-order valence-electron chi connectivity index (χ3n) is 7.83. The lowest BCUT2D eigenvalue weighted by Gasteiger charge is -2.36. The molecule has 0 spiro atoms. The summed E-state index contributed by atoms with van der Waals surface area (Å²) in [7, 11) is 3.19. The van der Waals surface area contributed by atoms with E-state index in [4.69, 9.17) is 9.47 Å². The summed E-state index contributed by atoms with van der Waals surface area (Å²) in [5.74, 6) is 0.385. The minimum atomic E-state index is -0.592. The van der Waals surface area contributed by atoms with Gasteiger partial charge in [-0.15, -0.1) is 0 Å². The molecule has 12 heteroatoms. The van der Waals surface area contributed by atoms with Crippen LogP contribution in [0.2, 0.25) is 0 Å². The molecule has 1 aliphatic heterocycles. The van der Waals surface area contributed by atoms with Gasteiger partial charge in [0.1, 0.15) is 17.2 Å². The molecule has 2 amide bonds. The molecule has 5 rings (SSSR count). The molecule has 0 radical (unpaired) electrons. The number of hydrogen-bond acceptors (Lipinski definition) is 9. The minimum Gasteiger partial charge on any atom is -0.497 e. The van der Waals surface area contributed by atoms with E-state index in [1.54, 1.807) is 87.0 Å². The number of hydrazone groups is 1. The Hall–Kier alpha value is -6.01. The maximum atomic E-state index is 13.2. The minimum absolute atomic E-state index is 0.0226. The maximum absolute atomic E-state index is 13.2. The van der Waals surface area contributed by atoms with Crippen molar-refractivity contribution in [2.45, 2.75) is 6.54 Å². The number of benzene rings is 4. The quantitative estimate of drug-likeness (QED) is 0.0962. The van der Waals surface area contributed by atoms with Gasteiger partial charge >= 0.3 is 0 Å². The van der Waals surface area contributed by atoms with Crippen LogP contribution in [-0.2, 0) is 11.3 Å². The standard InChI is InChI=1S/C36H36N6O6/c1-47-32-15-8-26(9-16-32)23-33(38-35(43)28-6-4-3-5-7-28)36(44)39-37-24-27-10-17-34(48-2)29(22-27)25-40-18-20-41(21-19-40)30-11-13-31(14-12-30)42(45)46/h3-17,22-24H,18-21,25H2,1-2H3,(H,38,43)(H,39,44)/b33-23-,37-24-. The molecule has 4 aromatic rings. The number of nitrogens with zero attached hydrogens (tertiary/aromatic N) is 4. The lowest BCUT2D eigenvalue weighted by Crippen LogP contribution is -2.46. The summed E-state index contributed by atoms with van der Waals surface area (Å²) in [6.45, 7) is 3.80. The first-order valence-electron chi connectivity index (χ1n) is 15.3. The molecule has 0 atom stereocenters. The van der Waals surface area contributed by atoms with Crippen LogP contribution in [-0.4, -0.2) is 68.3 Å². The zero-order chi connectivity index (χ0) is 33.9. The normalized spacial score (nSPS) is 13.6. The van der Waals surface area contributed by atoms with Crippen LogP contribution in [0, 0.1) is 10.1 Å². The smallest absolute Gasteiger partial charge is 0.287 e. The Morgan fingerprint density at radius 3 is 2.21 bits per heavy atom. The molecule has 2 N–H and O–H groups in total. The van der Waals surface area contributed by atoms with Crippen molar-refractivity contribution in [2.75, 3.05) is 45.3 Å². The second kappa shape index (κ2) is 16.0. The van der Waals surface area contributed by atoms with E-state index >= 15 is 0 Å². The molecule has 1 aliphatic rings. The van der Waals surface area contributed by atoms with E-state index in [0.717, 1.165) is 48.7 Å². The van der Waals surface area contributed by atoms with Crippen LogP contribution in [0.15, 0.2) is 108 Å². The van der Waals surface area contributed by atoms with Gasteiger partial charge in [0.2, 0.25) is 0 Å². The summed E-state index contributed by atoms with van der Waals surface area (Å²) in [5, 5.41) is 17.9. The number of anilines is 1. The number of nitro groups is 1. The van der Waals surface area contributed by atoms with Crippen molar-refractivity contribution in [3.05, 3.63) is 135 Å². The van der Waals surface area contributed by atoms with E-state index in [9.17, 15) is 19.7 Å². The van der Waals surface area contributed by atoms with E-state index in [-0.39, 0.29) is 11.4 Å². The van der Waals surface area contributed by atoms with Crippen molar-refractivity contribution in [1.29, 1.82) is 0 Å². The van der Waals surface area contributed by atoms with Gasteiger partial charge in [-0.1, -0.05) is 30.3 Å². The van der Waals surface area contributed by atoms with Crippen LogP contribution in [0.1, 0.15) is 27.0 Å². The summed E-state index contributed by atoms with van der Waals surface area (Å²) in [6.07, 6.45) is 3.11. The number of nitro benzene ring substituents is 1. The molecular formula is C36H36N6O6. The van der Waals surface area contributed by atoms with Gasteiger partial charge < -0.3 is 19.7 Å². The van der Waals surface area contributed by atoms with Crippen molar-refractivity contribution < 1.29 is 24.0 Å². The van der Waals surface area contributed by atoms with Gasteiger partial charge in [0.15, 0.2) is 0 Å². The van der Waals surface area contributed by atoms with Crippen LogP contribution in [0.3, 0.4) is 0 Å². The fraction of sp³-hybridized carbons (Fsp3) is 0.194. The molecule has 0 saturated carbocycles. The number of non-ortho nitro benzene ring substituents is 1. The molecule has 12 nitrogen and oxygen atoms in total. The van der Waals surface area contributed by atoms with Crippen molar-refractivity contribution >= 4 is 35.5 Å². The molecule has 0 aliphatic carbocycles. The highest BCUT2D eigenvalue weighted by Gasteiger charge is 2.20. The van der Waals surface area contributed by atoms with E-state index in [1.807, 2.05) is 18.2 Å². The Morgan fingerprint density at radius 2 is 1.56 bits per heavy atom. The van der Waals surface area contributed by atoms with Crippen LogP contribution >= 0.6 is 0 Å². The van der Waals surface area contributed by atoms with Gasteiger partial charge in [-0.3, -0.25) is 24.6 Å². The molecule has 246 valence electrons. The van der Waals surface area contributed by atoms with Gasteiger partial charge in [0, 0.05) is 61.7 Å². The molecule has 4 aromatic carbocycles. The lowest BCUT2D eigenvalue weighted by molar-refractivity contribution is -0.384. The fourth-order valence-electron chi connectivity index (χ4n) is 5.23. The molecule has 1 heterocycles. The number of hydrogen-bond donors (Lipinski definition) is 2. The molecule has 0 bridgehead atoms. The number of amides is 2. The Bertz CT molecular complexity index is 1780. The Morgan fingerprint density at radius 1 is 0.875 bits per heavy atom. The van der Waals surface area contributed by atoms with Crippen molar-refractivity contribution in [1.82, 2.24) is 15.6 Å². The van der Waals surface area contributed by atoms with Gasteiger partial charge in [-0.2, -0.15) is 5.10 Å². The summed E-state index contributed by atoms with van der Waals surface area (Å²) in [4.78, 5) is 41.3. The number of methoxy groups -OCH3 is 2. The lowest BCUT2D eigenvalue weighted by atomic mass is 10.1. The van der Waals surface area contributed by atoms with E-state index in [2.05, 4.69) is 25.6 Å². The van der Waals surface area contributed by atoms with Gasteiger partial charge in [0.05, 0.1) is 25.4 Å². The second-order valence-corrected chi connectivity index (χ2v) is 11.0. The summed E-state index contributed by atoms with van der Waals surface area (Å²) in [6, 6.07) is 28.0. The maximum Gasteiger partial charge on any atom is 0.287 e. The van der Waals surface area contributed by atoms with Gasteiger partial charge in [0.25, 0.3) is 17.5 Å². The Kier molecular flexibility index (Phi) is 11.1. The average molecular weight is 649 g/mol. The van der Waals surface area contributed by atoms with Gasteiger partial charge in [-0.05, 0) is 71.8 Å². The topological polar surface area (TPSA) is 139 Å². The largest absolute Gasteiger partial charge is 0.497 e. The van der Waals surface area contributed by atoms with Crippen molar-refractivity contribution in [3.63, 3.8) is 0 Å². The van der Waals surface area contributed by atoms with E-state index in [0.29, 0.717) is 23.4 Å². The third-order valence-corrected chi connectivity index (χ3v) is 7.83. The van der Waals surface area contributed by atoms with Crippen molar-refractivity contribution in [2.24, 2.45) is 5.10 Å². The third kappa shape index (κ3) is 8.83. The van der Waals surface area contributed by atoms with Crippen LogP contribution in [0.5, 0.6) is 11.5 Å². The first-order valence-corrected chi connectivity index (χ1v) is 15.3. The first-order chi connectivity index (χ1) is 23.3. The SMILES string of the molecule is COc1ccc(/C=C(\NC(=O)c2ccccc2)C(=O)N/N=C\c2ccc(OC)c(CN3CCN(c4ccc([N+](=O)[O-])cc4)CC3)c2)cc1. The number of carbonyl (C=O) groups is 2. The number of ether oxygens (including phenoxy) is 2. The van der Waals surface area contributed by atoms with Gasteiger partial charge in [-0.25, -0.2) is 5.43 Å². The van der Waals surface area contributed by atoms with Crippen LogP contribution in [0.4, 0.5) is 11.4 Å². The Labute approximate surface area is 278 Å². The summed E-state index contributed by atoms with van der Waals surface area (Å²) >= 11 is 0. The Balaban J connectivity index is 1.23. The molecule has 0 aromatic heterocycles. The monoisotopic (exact) mass is 648 g/mol. The number of rotatable bonds is 12. The zero-order valence-corrected chi connectivity index (χ0v) is 26.7. The summed E-state index contributed by atoms with van der Waals surface area (Å²) in [5.41, 5.74) is 6.40. The number of piperazine rings is 1. The highest BCUT2D eigenvalue weighted by atomic mass is 16.6. The first kappa shape index (κ1) is 33.4. The fourth-order valence-corrected chi connectivity index (χ4v) is 5.23. The highest BCUT2D eigenvalue weighted by Crippen LogP contribution is 2.24. The highest BCUT2D eigenvalue weighted by molar-refractivity contribution is 6.05. The molecule has 48 heavy (non-hydrogen) atoms. The molecule has 0 unspecified atom stereocenters. The number of nitrogens with one attached hydrogen (secondary N) is 2. The molecular weight excluding hydrogens is 612 g/mol. The predicted molar refractivity (Wildman–Crippen MR) is 184 cm³/mol. The molecule has 1 fully saturated rings.